The maximum absolute atomic E-state index is 12.1. The average molecular weight is 289 g/mol. The molecule has 6 heteroatoms. The molecule has 0 bridgehead atoms. The van der Waals surface area contributed by atoms with Crippen molar-refractivity contribution in [2.24, 2.45) is 0 Å². The van der Waals surface area contributed by atoms with Crippen LogP contribution in [0.5, 0.6) is 0 Å². The second-order valence-electron chi connectivity index (χ2n) is 4.40. The van der Waals surface area contributed by atoms with Crippen molar-refractivity contribution in [1.29, 1.82) is 0 Å². The van der Waals surface area contributed by atoms with Gasteiger partial charge in [0.2, 0.25) is 0 Å². The molecule has 3 rings (SSSR count). The van der Waals surface area contributed by atoms with Crippen LogP contribution in [0.4, 0.5) is 0 Å². The van der Waals surface area contributed by atoms with Crippen LogP contribution in [-0.4, -0.2) is 27.4 Å². The van der Waals surface area contributed by atoms with Crippen LogP contribution < -0.4 is 5.32 Å². The Labute approximate surface area is 120 Å². The van der Waals surface area contributed by atoms with Crippen molar-refractivity contribution in [3.05, 3.63) is 53.2 Å². The summed E-state index contributed by atoms with van der Waals surface area (Å²) in [4.78, 5) is 22.2. The van der Waals surface area contributed by atoms with Crippen molar-refractivity contribution >= 4 is 28.4 Å². The molecule has 2 heterocycles. The number of hydrogen-bond donors (Lipinski definition) is 3. The van der Waals surface area contributed by atoms with Crippen LogP contribution in [0.25, 0.3) is 10.9 Å². The van der Waals surface area contributed by atoms with E-state index in [2.05, 4.69) is 20.3 Å². The molecule has 0 saturated heterocycles. The summed E-state index contributed by atoms with van der Waals surface area (Å²) in [6.45, 7) is 0.498. The number of H-pyrrole nitrogens is 2. The molecule has 0 saturated carbocycles. The number of para-hydroxylation sites is 1. The highest BCUT2D eigenvalue weighted by Gasteiger charge is 2.15. The standard InChI is InChI=1S/C14H13ClN4O/c15-12-9-3-1-2-4-10(9)19-13(12)14(20)18-6-5-11-16-7-8-17-11/h1-4,7-8,19H,5-6H2,(H,16,17)(H,18,20). The number of carbonyl (C=O) groups excluding carboxylic acids is 1. The summed E-state index contributed by atoms with van der Waals surface area (Å²) >= 11 is 6.22. The normalized spacial score (nSPS) is 10.8. The van der Waals surface area contributed by atoms with Gasteiger partial charge in [0.15, 0.2) is 0 Å². The number of rotatable bonds is 4. The Morgan fingerprint density at radius 3 is 2.95 bits per heavy atom. The lowest BCUT2D eigenvalue weighted by molar-refractivity contribution is 0.0950. The Morgan fingerprint density at radius 2 is 2.20 bits per heavy atom. The number of aromatic amines is 2. The summed E-state index contributed by atoms with van der Waals surface area (Å²) in [6, 6.07) is 7.56. The zero-order valence-corrected chi connectivity index (χ0v) is 11.4. The molecule has 0 atom stereocenters. The molecule has 20 heavy (non-hydrogen) atoms. The molecule has 0 aliphatic carbocycles. The van der Waals surface area contributed by atoms with E-state index in [0.717, 1.165) is 16.7 Å². The largest absolute Gasteiger partial charge is 0.350 e. The smallest absolute Gasteiger partial charge is 0.269 e. The maximum atomic E-state index is 12.1. The summed E-state index contributed by atoms with van der Waals surface area (Å²) in [7, 11) is 0. The molecule has 0 unspecified atom stereocenters. The van der Waals surface area contributed by atoms with Gasteiger partial charge in [-0.05, 0) is 6.07 Å². The zero-order chi connectivity index (χ0) is 13.9. The second-order valence-corrected chi connectivity index (χ2v) is 4.78. The fourth-order valence-electron chi connectivity index (χ4n) is 2.08. The number of hydrogen-bond acceptors (Lipinski definition) is 2. The number of nitrogens with one attached hydrogen (secondary N) is 3. The third-order valence-corrected chi connectivity index (χ3v) is 3.46. The van der Waals surface area contributed by atoms with E-state index in [1.807, 2.05) is 24.3 Å². The lowest BCUT2D eigenvalue weighted by atomic mass is 10.2. The van der Waals surface area contributed by atoms with E-state index in [1.54, 1.807) is 12.4 Å². The monoisotopic (exact) mass is 288 g/mol. The summed E-state index contributed by atoms with van der Waals surface area (Å²) in [5.74, 6) is 0.630. The number of halogens is 1. The highest BCUT2D eigenvalue weighted by atomic mass is 35.5. The molecule has 2 aromatic heterocycles. The number of fused-ring (bicyclic) bond motifs is 1. The lowest BCUT2D eigenvalue weighted by Crippen LogP contribution is -2.26. The van der Waals surface area contributed by atoms with Gasteiger partial charge in [0.05, 0.1) is 5.02 Å². The van der Waals surface area contributed by atoms with Crippen molar-refractivity contribution in [3.63, 3.8) is 0 Å². The van der Waals surface area contributed by atoms with Crippen molar-refractivity contribution in [1.82, 2.24) is 20.3 Å². The predicted octanol–water partition coefficient (Wildman–Crippen LogP) is 2.52. The van der Waals surface area contributed by atoms with Gasteiger partial charge in [0.25, 0.3) is 5.91 Å². The molecule has 0 fully saturated rings. The van der Waals surface area contributed by atoms with E-state index in [-0.39, 0.29) is 5.91 Å². The first kappa shape index (κ1) is 12.7. The van der Waals surface area contributed by atoms with Gasteiger partial charge in [-0.15, -0.1) is 0 Å². The Kier molecular flexibility index (Phi) is 3.43. The molecular weight excluding hydrogens is 276 g/mol. The van der Waals surface area contributed by atoms with Crippen LogP contribution in [0.1, 0.15) is 16.3 Å². The molecule has 3 aromatic rings. The van der Waals surface area contributed by atoms with Gasteiger partial charge in [-0.1, -0.05) is 29.8 Å². The van der Waals surface area contributed by atoms with Gasteiger partial charge in [0, 0.05) is 36.3 Å². The van der Waals surface area contributed by atoms with Crippen molar-refractivity contribution in [2.75, 3.05) is 6.54 Å². The van der Waals surface area contributed by atoms with E-state index >= 15 is 0 Å². The maximum Gasteiger partial charge on any atom is 0.269 e. The Balaban J connectivity index is 1.71. The Morgan fingerprint density at radius 1 is 1.35 bits per heavy atom. The third-order valence-electron chi connectivity index (χ3n) is 3.07. The van der Waals surface area contributed by atoms with Crippen molar-refractivity contribution in [3.8, 4) is 0 Å². The minimum Gasteiger partial charge on any atom is -0.350 e. The molecule has 102 valence electrons. The van der Waals surface area contributed by atoms with E-state index in [9.17, 15) is 4.79 Å². The SMILES string of the molecule is O=C(NCCc1ncc[nH]1)c1[nH]c2ccccc2c1Cl. The number of aromatic nitrogens is 3. The highest BCUT2D eigenvalue weighted by Crippen LogP contribution is 2.26. The van der Waals surface area contributed by atoms with Gasteiger partial charge < -0.3 is 15.3 Å². The summed E-state index contributed by atoms with van der Waals surface area (Å²) < 4.78 is 0. The predicted molar refractivity (Wildman–Crippen MR) is 77.9 cm³/mol. The summed E-state index contributed by atoms with van der Waals surface area (Å²) in [5, 5.41) is 4.13. The topological polar surface area (TPSA) is 73.6 Å². The number of carbonyl (C=O) groups is 1. The summed E-state index contributed by atoms with van der Waals surface area (Å²) in [6.07, 6.45) is 4.09. The molecule has 3 N–H and O–H groups in total. The van der Waals surface area contributed by atoms with E-state index in [4.69, 9.17) is 11.6 Å². The van der Waals surface area contributed by atoms with Crippen LogP contribution in [0.3, 0.4) is 0 Å². The summed E-state index contributed by atoms with van der Waals surface area (Å²) in [5.41, 5.74) is 1.25. The van der Waals surface area contributed by atoms with E-state index in [0.29, 0.717) is 23.7 Å². The average Bonchev–Trinajstić information content (AvgIpc) is 3.08. The first-order chi connectivity index (χ1) is 9.75. The fourth-order valence-corrected chi connectivity index (χ4v) is 2.38. The molecule has 0 radical (unpaired) electrons. The van der Waals surface area contributed by atoms with Gasteiger partial charge in [-0.3, -0.25) is 4.79 Å². The van der Waals surface area contributed by atoms with Crippen molar-refractivity contribution < 1.29 is 4.79 Å². The van der Waals surface area contributed by atoms with Gasteiger partial charge in [0.1, 0.15) is 11.5 Å². The van der Waals surface area contributed by atoms with Crippen LogP contribution in [0.15, 0.2) is 36.7 Å². The quantitative estimate of drug-likeness (QED) is 0.690. The third kappa shape index (κ3) is 2.40. The molecule has 1 amide bonds. The Bertz CT molecular complexity index is 733. The lowest BCUT2D eigenvalue weighted by Gasteiger charge is -2.02. The zero-order valence-electron chi connectivity index (χ0n) is 10.6. The molecule has 1 aromatic carbocycles. The number of amides is 1. The fraction of sp³-hybridized carbons (Fsp3) is 0.143. The minimum absolute atomic E-state index is 0.210. The van der Waals surface area contributed by atoms with E-state index < -0.39 is 0 Å². The first-order valence-electron chi connectivity index (χ1n) is 6.28. The minimum atomic E-state index is -0.210. The van der Waals surface area contributed by atoms with Crippen LogP contribution in [-0.2, 0) is 6.42 Å². The van der Waals surface area contributed by atoms with Crippen molar-refractivity contribution in [2.45, 2.75) is 6.42 Å². The van der Waals surface area contributed by atoms with Gasteiger partial charge >= 0.3 is 0 Å². The molecule has 0 aliphatic rings. The van der Waals surface area contributed by atoms with Crippen LogP contribution in [0.2, 0.25) is 5.02 Å². The molecule has 0 spiro atoms. The second kappa shape index (κ2) is 5.38. The van der Waals surface area contributed by atoms with E-state index in [1.165, 1.54) is 0 Å². The van der Waals surface area contributed by atoms with Gasteiger partial charge in [-0.2, -0.15) is 0 Å². The number of benzene rings is 1. The first-order valence-corrected chi connectivity index (χ1v) is 6.66. The van der Waals surface area contributed by atoms with Crippen LogP contribution in [0, 0.1) is 0 Å². The highest BCUT2D eigenvalue weighted by molar-refractivity contribution is 6.38. The van der Waals surface area contributed by atoms with Crippen LogP contribution >= 0.6 is 11.6 Å². The number of nitrogens with zero attached hydrogens (tertiary/aromatic N) is 1. The number of imidazole rings is 1. The molecule has 0 aliphatic heterocycles. The molecule has 5 nitrogen and oxygen atoms in total. The van der Waals surface area contributed by atoms with Gasteiger partial charge in [-0.25, -0.2) is 4.98 Å². The molecular formula is C14H13ClN4O. The Hall–Kier alpha value is -2.27.